The highest BCUT2D eigenvalue weighted by Crippen LogP contribution is 2.06. The molecular formula is C14H23N3O3. The first-order valence-electron chi connectivity index (χ1n) is 7.10. The first-order chi connectivity index (χ1) is 9.63. The lowest BCUT2D eigenvalue weighted by Crippen LogP contribution is -2.35. The van der Waals surface area contributed by atoms with Crippen LogP contribution in [0.5, 0.6) is 0 Å². The van der Waals surface area contributed by atoms with Crippen molar-refractivity contribution in [3.8, 4) is 0 Å². The normalized spacial score (nSPS) is 12.1. The number of ether oxygens (including phenoxy) is 1. The molecule has 0 bridgehead atoms. The summed E-state index contributed by atoms with van der Waals surface area (Å²) < 4.78 is 4.73. The van der Waals surface area contributed by atoms with Crippen LogP contribution in [-0.2, 0) is 20.7 Å². The summed E-state index contributed by atoms with van der Waals surface area (Å²) in [6.45, 7) is 2.13. The van der Waals surface area contributed by atoms with Gasteiger partial charge in [-0.3, -0.25) is 4.79 Å². The van der Waals surface area contributed by atoms with Gasteiger partial charge in [0, 0.05) is 24.7 Å². The van der Waals surface area contributed by atoms with Crippen molar-refractivity contribution in [2.45, 2.75) is 57.9 Å². The second-order valence-electron chi connectivity index (χ2n) is 4.84. The number of nitrogens with two attached hydrogens (primary N) is 1. The molecule has 0 aromatic carbocycles. The Labute approximate surface area is 119 Å². The molecule has 1 atom stereocenters. The molecular weight excluding hydrogens is 258 g/mol. The van der Waals surface area contributed by atoms with E-state index < -0.39 is 18.0 Å². The van der Waals surface area contributed by atoms with Crippen LogP contribution in [0.1, 0.15) is 51.1 Å². The predicted molar refractivity (Wildman–Crippen MR) is 74.7 cm³/mol. The van der Waals surface area contributed by atoms with Gasteiger partial charge in [-0.1, -0.05) is 32.6 Å². The maximum Gasteiger partial charge on any atom is 0.330 e. The number of nitrogens with zero attached hydrogens (tertiary/aromatic N) is 1. The molecule has 20 heavy (non-hydrogen) atoms. The third-order valence-electron chi connectivity index (χ3n) is 3.00. The molecule has 0 saturated carbocycles. The molecule has 0 fully saturated rings. The van der Waals surface area contributed by atoms with Crippen LogP contribution in [0.3, 0.4) is 0 Å². The van der Waals surface area contributed by atoms with E-state index in [1.807, 2.05) is 0 Å². The van der Waals surface area contributed by atoms with Gasteiger partial charge in [0.2, 0.25) is 0 Å². The van der Waals surface area contributed by atoms with Crippen molar-refractivity contribution in [1.82, 2.24) is 9.97 Å². The van der Waals surface area contributed by atoms with Gasteiger partial charge in [0.1, 0.15) is 6.04 Å². The molecule has 0 saturated heterocycles. The fourth-order valence-corrected chi connectivity index (χ4v) is 1.83. The number of carbonyl (C=O) groups excluding carboxylic acids is 2. The number of esters is 2. The monoisotopic (exact) mass is 281 g/mol. The molecule has 0 aliphatic rings. The molecule has 6 heteroatoms. The zero-order valence-electron chi connectivity index (χ0n) is 11.9. The standard InChI is InChI=1S/C14H23N3O3/c1-2-3-4-5-6-7-13(18)20-14(19)12(15)8-11-9-16-10-17-11/h9-10,12H,2-8,15H2,1H3,(H,16,17)/t12-/m0/s1. The van der Waals surface area contributed by atoms with Crippen LogP contribution >= 0.6 is 0 Å². The van der Waals surface area contributed by atoms with Crippen LogP contribution in [0, 0.1) is 0 Å². The molecule has 1 rings (SSSR count). The first kappa shape index (κ1) is 16.4. The number of rotatable bonds is 9. The largest absolute Gasteiger partial charge is 0.392 e. The number of H-pyrrole nitrogens is 1. The first-order valence-corrected chi connectivity index (χ1v) is 7.10. The van der Waals surface area contributed by atoms with Crippen molar-refractivity contribution in [1.29, 1.82) is 0 Å². The zero-order chi connectivity index (χ0) is 14.8. The number of aromatic amines is 1. The second-order valence-corrected chi connectivity index (χ2v) is 4.84. The second kappa shape index (κ2) is 9.25. The van der Waals surface area contributed by atoms with Crippen LogP contribution in [0.2, 0.25) is 0 Å². The van der Waals surface area contributed by atoms with Crippen molar-refractivity contribution >= 4 is 11.9 Å². The molecule has 6 nitrogen and oxygen atoms in total. The Morgan fingerprint density at radius 2 is 2.10 bits per heavy atom. The van der Waals surface area contributed by atoms with Gasteiger partial charge in [-0.25, -0.2) is 9.78 Å². The highest BCUT2D eigenvalue weighted by atomic mass is 16.6. The lowest BCUT2D eigenvalue weighted by Gasteiger charge is -2.09. The van der Waals surface area contributed by atoms with Gasteiger partial charge in [0.15, 0.2) is 0 Å². The number of unbranched alkanes of at least 4 members (excludes halogenated alkanes) is 4. The van der Waals surface area contributed by atoms with Crippen molar-refractivity contribution in [3.05, 3.63) is 18.2 Å². The third kappa shape index (κ3) is 6.47. The van der Waals surface area contributed by atoms with Crippen LogP contribution < -0.4 is 5.73 Å². The van der Waals surface area contributed by atoms with Gasteiger partial charge >= 0.3 is 11.9 Å². The van der Waals surface area contributed by atoms with Gasteiger partial charge in [0.05, 0.1) is 6.33 Å². The molecule has 0 amide bonds. The van der Waals surface area contributed by atoms with E-state index in [-0.39, 0.29) is 12.8 Å². The Kier molecular flexibility index (Phi) is 7.57. The summed E-state index contributed by atoms with van der Waals surface area (Å²) in [4.78, 5) is 29.8. The number of hydrogen-bond acceptors (Lipinski definition) is 5. The molecule has 0 aliphatic carbocycles. The summed E-state index contributed by atoms with van der Waals surface area (Å²) >= 11 is 0. The van der Waals surface area contributed by atoms with Crippen molar-refractivity contribution in [2.24, 2.45) is 5.73 Å². The zero-order valence-corrected chi connectivity index (χ0v) is 11.9. The minimum atomic E-state index is -0.848. The van der Waals surface area contributed by atoms with Gasteiger partial charge < -0.3 is 15.5 Å². The van der Waals surface area contributed by atoms with E-state index in [1.165, 1.54) is 12.7 Å². The molecule has 1 aromatic rings. The highest BCUT2D eigenvalue weighted by molar-refractivity contribution is 5.88. The molecule has 0 spiro atoms. The minimum Gasteiger partial charge on any atom is -0.392 e. The van der Waals surface area contributed by atoms with E-state index in [0.29, 0.717) is 0 Å². The van der Waals surface area contributed by atoms with E-state index in [2.05, 4.69) is 16.9 Å². The summed E-state index contributed by atoms with van der Waals surface area (Å²) in [6, 6.07) is -0.848. The van der Waals surface area contributed by atoms with Crippen LogP contribution in [0.4, 0.5) is 0 Å². The van der Waals surface area contributed by atoms with E-state index in [9.17, 15) is 9.59 Å². The Balaban J connectivity index is 2.18. The highest BCUT2D eigenvalue weighted by Gasteiger charge is 2.19. The van der Waals surface area contributed by atoms with Gasteiger partial charge in [0.25, 0.3) is 0 Å². The molecule has 0 radical (unpaired) electrons. The smallest absolute Gasteiger partial charge is 0.330 e. The Morgan fingerprint density at radius 3 is 2.75 bits per heavy atom. The fraction of sp³-hybridized carbons (Fsp3) is 0.643. The lowest BCUT2D eigenvalue weighted by atomic mass is 10.1. The van der Waals surface area contributed by atoms with Gasteiger partial charge in [-0.15, -0.1) is 0 Å². The summed E-state index contributed by atoms with van der Waals surface area (Å²) in [5.41, 5.74) is 6.41. The maximum absolute atomic E-state index is 11.6. The summed E-state index contributed by atoms with van der Waals surface area (Å²) in [5.74, 6) is -1.18. The molecule has 0 unspecified atom stereocenters. The van der Waals surface area contributed by atoms with E-state index >= 15 is 0 Å². The fourth-order valence-electron chi connectivity index (χ4n) is 1.83. The average molecular weight is 281 g/mol. The SMILES string of the molecule is CCCCCCCC(=O)OC(=O)[C@@H](N)Cc1cnc[nH]1. The topological polar surface area (TPSA) is 98.1 Å². The quantitative estimate of drug-likeness (QED) is 0.408. The molecule has 112 valence electrons. The Hall–Kier alpha value is -1.69. The number of aromatic nitrogens is 2. The van der Waals surface area contributed by atoms with Crippen LogP contribution in [-0.4, -0.2) is 27.9 Å². The lowest BCUT2D eigenvalue weighted by molar-refractivity contribution is -0.160. The number of carbonyl (C=O) groups is 2. The summed E-state index contributed by atoms with van der Waals surface area (Å²) in [5, 5.41) is 0. The van der Waals surface area contributed by atoms with Crippen LogP contribution in [0.25, 0.3) is 0 Å². The predicted octanol–water partition coefficient (Wildman–Crippen LogP) is 1.71. The summed E-state index contributed by atoms with van der Waals surface area (Å²) in [7, 11) is 0. The number of nitrogens with one attached hydrogen (secondary N) is 1. The molecule has 1 heterocycles. The molecule has 3 N–H and O–H groups in total. The Morgan fingerprint density at radius 1 is 1.35 bits per heavy atom. The van der Waals surface area contributed by atoms with Crippen molar-refractivity contribution in [3.63, 3.8) is 0 Å². The van der Waals surface area contributed by atoms with Crippen molar-refractivity contribution < 1.29 is 14.3 Å². The van der Waals surface area contributed by atoms with Gasteiger partial charge in [-0.05, 0) is 6.42 Å². The molecule has 1 aromatic heterocycles. The molecule has 0 aliphatic heterocycles. The van der Waals surface area contributed by atoms with Gasteiger partial charge in [-0.2, -0.15) is 0 Å². The maximum atomic E-state index is 11.6. The van der Waals surface area contributed by atoms with Crippen LogP contribution in [0.15, 0.2) is 12.5 Å². The summed E-state index contributed by atoms with van der Waals surface area (Å²) in [6.07, 6.45) is 8.82. The van der Waals surface area contributed by atoms with Crippen molar-refractivity contribution in [2.75, 3.05) is 0 Å². The number of imidazole rings is 1. The minimum absolute atomic E-state index is 0.270. The van der Waals surface area contributed by atoms with E-state index in [1.54, 1.807) is 6.20 Å². The third-order valence-corrected chi connectivity index (χ3v) is 3.00. The Bertz CT molecular complexity index is 404. The number of hydrogen-bond donors (Lipinski definition) is 2. The average Bonchev–Trinajstić information content (AvgIpc) is 2.91. The van der Waals surface area contributed by atoms with E-state index in [4.69, 9.17) is 10.5 Å². The van der Waals surface area contributed by atoms with E-state index in [0.717, 1.165) is 31.4 Å².